The molecule has 3 heterocycles. The maximum Gasteiger partial charge on any atom is 0.0736 e. The molecule has 3 rings (SSSR count). The summed E-state index contributed by atoms with van der Waals surface area (Å²) < 4.78 is 6.04. The number of fused-ring (bicyclic) bond motifs is 2. The van der Waals surface area contributed by atoms with Crippen molar-refractivity contribution in [2.45, 2.75) is 76.3 Å². The fraction of sp³-hybridized carbons (Fsp3) is 1.00. The Labute approximate surface area is 105 Å². The Kier molecular flexibility index (Phi) is 2.96. The number of nitrogens with one attached hydrogen (secondary N) is 1. The van der Waals surface area contributed by atoms with Gasteiger partial charge in [-0.15, -0.1) is 0 Å². The van der Waals surface area contributed by atoms with Gasteiger partial charge in [0.25, 0.3) is 0 Å². The Bertz CT molecular complexity index is 292. The Hall–Kier alpha value is -0.120. The molecule has 3 fully saturated rings. The van der Waals surface area contributed by atoms with Crippen molar-refractivity contribution in [1.29, 1.82) is 0 Å². The van der Waals surface area contributed by atoms with Crippen molar-refractivity contribution in [2.24, 2.45) is 0 Å². The molecule has 0 aliphatic carbocycles. The molecule has 98 valence electrons. The van der Waals surface area contributed by atoms with Crippen molar-refractivity contribution >= 4 is 0 Å². The van der Waals surface area contributed by atoms with Crippen LogP contribution in [0.25, 0.3) is 0 Å². The molecule has 2 bridgehead atoms. The topological polar surface area (TPSA) is 24.5 Å². The van der Waals surface area contributed by atoms with Gasteiger partial charge in [0, 0.05) is 30.7 Å². The smallest absolute Gasteiger partial charge is 0.0736 e. The summed E-state index contributed by atoms with van der Waals surface area (Å²) in [5, 5.41) is 3.67. The van der Waals surface area contributed by atoms with E-state index in [2.05, 4.69) is 31.0 Å². The third-order valence-electron chi connectivity index (χ3n) is 4.83. The second-order valence-corrected chi connectivity index (χ2v) is 6.68. The van der Waals surface area contributed by atoms with Crippen LogP contribution in [0.3, 0.4) is 0 Å². The minimum absolute atomic E-state index is 0.257. The Balaban J connectivity index is 1.74. The van der Waals surface area contributed by atoms with Crippen molar-refractivity contribution in [1.82, 2.24) is 10.2 Å². The van der Waals surface area contributed by atoms with Crippen molar-refractivity contribution in [3.8, 4) is 0 Å². The molecule has 17 heavy (non-hydrogen) atoms. The van der Waals surface area contributed by atoms with Crippen LogP contribution in [-0.4, -0.2) is 47.8 Å². The number of hydrogen-bond donors (Lipinski definition) is 1. The van der Waals surface area contributed by atoms with E-state index in [-0.39, 0.29) is 5.54 Å². The fourth-order valence-electron chi connectivity index (χ4n) is 3.88. The third kappa shape index (κ3) is 2.13. The average Bonchev–Trinajstić information content (AvgIpc) is 2.89. The van der Waals surface area contributed by atoms with Gasteiger partial charge in [-0.1, -0.05) is 6.92 Å². The van der Waals surface area contributed by atoms with E-state index in [0.717, 1.165) is 6.54 Å². The number of piperazine rings is 1. The quantitative estimate of drug-likeness (QED) is 0.793. The molecule has 1 N–H and O–H groups in total. The van der Waals surface area contributed by atoms with Crippen LogP contribution in [0.15, 0.2) is 0 Å². The Morgan fingerprint density at radius 1 is 1.35 bits per heavy atom. The third-order valence-corrected chi connectivity index (χ3v) is 4.83. The number of rotatable bonds is 2. The monoisotopic (exact) mass is 238 g/mol. The van der Waals surface area contributed by atoms with Crippen LogP contribution in [0.1, 0.15) is 46.5 Å². The van der Waals surface area contributed by atoms with Crippen molar-refractivity contribution in [2.75, 3.05) is 13.1 Å². The second kappa shape index (κ2) is 4.22. The van der Waals surface area contributed by atoms with Gasteiger partial charge in [0.05, 0.1) is 12.2 Å². The van der Waals surface area contributed by atoms with Crippen molar-refractivity contribution in [3.05, 3.63) is 0 Å². The number of nitrogens with zero attached hydrogens (tertiary/aromatic N) is 1. The highest BCUT2D eigenvalue weighted by atomic mass is 16.5. The van der Waals surface area contributed by atoms with Crippen LogP contribution in [-0.2, 0) is 4.74 Å². The van der Waals surface area contributed by atoms with Gasteiger partial charge >= 0.3 is 0 Å². The summed E-state index contributed by atoms with van der Waals surface area (Å²) in [6.45, 7) is 9.26. The van der Waals surface area contributed by atoms with Gasteiger partial charge in [0.2, 0.25) is 0 Å². The molecule has 0 aromatic rings. The molecule has 3 saturated heterocycles. The molecule has 4 unspecified atom stereocenters. The minimum atomic E-state index is 0.257. The molecule has 0 aromatic heterocycles. The molecule has 3 aliphatic rings. The maximum atomic E-state index is 6.04. The highest BCUT2D eigenvalue weighted by Crippen LogP contribution is 2.39. The first-order valence-corrected chi connectivity index (χ1v) is 7.25. The van der Waals surface area contributed by atoms with E-state index in [1.807, 2.05) is 0 Å². The molecule has 3 heteroatoms. The van der Waals surface area contributed by atoms with Crippen LogP contribution < -0.4 is 5.32 Å². The van der Waals surface area contributed by atoms with Gasteiger partial charge in [0.15, 0.2) is 0 Å². The van der Waals surface area contributed by atoms with Gasteiger partial charge in [-0.3, -0.25) is 4.90 Å². The van der Waals surface area contributed by atoms with Gasteiger partial charge < -0.3 is 10.1 Å². The lowest BCUT2D eigenvalue weighted by Gasteiger charge is -2.48. The van der Waals surface area contributed by atoms with Crippen LogP contribution in [0.2, 0.25) is 0 Å². The van der Waals surface area contributed by atoms with E-state index in [1.54, 1.807) is 0 Å². The predicted molar refractivity (Wildman–Crippen MR) is 69.2 cm³/mol. The van der Waals surface area contributed by atoms with E-state index in [4.69, 9.17) is 4.74 Å². The summed E-state index contributed by atoms with van der Waals surface area (Å²) in [6.07, 6.45) is 6.21. The summed E-state index contributed by atoms with van der Waals surface area (Å²) in [6, 6.07) is 1.40. The zero-order chi connectivity index (χ0) is 12.0. The maximum absolute atomic E-state index is 6.04. The Morgan fingerprint density at radius 3 is 2.76 bits per heavy atom. The molecule has 0 amide bonds. The summed E-state index contributed by atoms with van der Waals surface area (Å²) >= 11 is 0. The van der Waals surface area contributed by atoms with E-state index >= 15 is 0 Å². The second-order valence-electron chi connectivity index (χ2n) is 6.68. The summed E-state index contributed by atoms with van der Waals surface area (Å²) in [5.74, 6) is 0. The highest BCUT2D eigenvalue weighted by molar-refractivity contribution is 5.01. The first kappa shape index (κ1) is 11.9. The lowest BCUT2D eigenvalue weighted by atomic mass is 9.89. The molecule has 4 atom stereocenters. The first-order valence-electron chi connectivity index (χ1n) is 7.25. The molecule has 0 aromatic carbocycles. The molecule has 3 aliphatic heterocycles. The van der Waals surface area contributed by atoms with Crippen molar-refractivity contribution < 1.29 is 4.74 Å². The standard InChI is InChI=1S/C14H26N2O/c1-4-10-8-15-14(2,3)9-16(10)12-7-11-5-6-13(12)17-11/h10-13,15H,4-9H2,1-3H3. The van der Waals surface area contributed by atoms with Gasteiger partial charge in [-0.05, 0) is 39.5 Å². The van der Waals surface area contributed by atoms with E-state index in [0.29, 0.717) is 24.3 Å². The molecule has 0 spiro atoms. The predicted octanol–water partition coefficient (Wildman–Crippen LogP) is 1.77. The SMILES string of the molecule is CCC1CNC(C)(C)CN1C1CC2CCC1O2. The van der Waals surface area contributed by atoms with Gasteiger partial charge in [-0.25, -0.2) is 0 Å². The number of hydrogen-bond acceptors (Lipinski definition) is 3. The Morgan fingerprint density at radius 2 is 2.18 bits per heavy atom. The van der Waals surface area contributed by atoms with Crippen LogP contribution >= 0.6 is 0 Å². The molecular formula is C14H26N2O. The summed E-state index contributed by atoms with van der Waals surface area (Å²) in [7, 11) is 0. The summed E-state index contributed by atoms with van der Waals surface area (Å²) in [4.78, 5) is 2.75. The fourth-order valence-corrected chi connectivity index (χ4v) is 3.88. The van der Waals surface area contributed by atoms with Crippen LogP contribution in [0.4, 0.5) is 0 Å². The molecular weight excluding hydrogens is 212 g/mol. The lowest BCUT2D eigenvalue weighted by Crippen LogP contribution is -2.65. The van der Waals surface area contributed by atoms with E-state index in [1.165, 1.54) is 32.2 Å². The largest absolute Gasteiger partial charge is 0.373 e. The van der Waals surface area contributed by atoms with Crippen molar-refractivity contribution in [3.63, 3.8) is 0 Å². The van der Waals surface area contributed by atoms with Gasteiger partial charge in [-0.2, -0.15) is 0 Å². The van der Waals surface area contributed by atoms with Crippen LogP contribution in [0.5, 0.6) is 0 Å². The average molecular weight is 238 g/mol. The van der Waals surface area contributed by atoms with Crippen LogP contribution in [0, 0.1) is 0 Å². The molecule has 0 saturated carbocycles. The first-order chi connectivity index (χ1) is 8.09. The number of ether oxygens (including phenoxy) is 1. The molecule has 0 radical (unpaired) electrons. The minimum Gasteiger partial charge on any atom is -0.373 e. The molecule has 3 nitrogen and oxygen atoms in total. The lowest BCUT2D eigenvalue weighted by molar-refractivity contribution is 0.0145. The van der Waals surface area contributed by atoms with E-state index < -0.39 is 0 Å². The van der Waals surface area contributed by atoms with Gasteiger partial charge in [0.1, 0.15) is 0 Å². The summed E-state index contributed by atoms with van der Waals surface area (Å²) in [5.41, 5.74) is 0.257. The normalized spacial score (nSPS) is 45.4. The zero-order valence-electron chi connectivity index (χ0n) is 11.4. The zero-order valence-corrected chi connectivity index (χ0v) is 11.4. The van der Waals surface area contributed by atoms with E-state index in [9.17, 15) is 0 Å². The highest BCUT2D eigenvalue weighted by Gasteiger charge is 2.47.